The first-order valence-electron chi connectivity index (χ1n) is 12.1. The number of nitrogens with zero attached hydrogens (tertiary/aromatic N) is 1. The number of hydrogen-bond acceptors (Lipinski definition) is 4. The number of benzene rings is 1. The summed E-state index contributed by atoms with van der Waals surface area (Å²) in [5, 5.41) is 14.1. The molecule has 1 aromatic carbocycles. The summed E-state index contributed by atoms with van der Waals surface area (Å²) in [5.41, 5.74) is 2.41. The van der Waals surface area contributed by atoms with Crippen molar-refractivity contribution in [1.29, 1.82) is 0 Å². The SMILES string of the molecule is O=C[C@H](CCC(=O)N1CCCc2ccccc2C1)NC(=O)[C@H](CC1CCCCC1)NC(=O)O. The van der Waals surface area contributed by atoms with E-state index in [2.05, 4.69) is 16.7 Å². The molecule has 0 saturated heterocycles. The van der Waals surface area contributed by atoms with Crippen LogP contribution in [0.1, 0.15) is 68.9 Å². The molecular formula is C25H35N3O5. The Kier molecular flexibility index (Phi) is 9.27. The zero-order valence-electron chi connectivity index (χ0n) is 19.1. The van der Waals surface area contributed by atoms with Crippen LogP contribution in [0, 0.1) is 5.92 Å². The minimum absolute atomic E-state index is 0.0461. The normalized spacial score (nSPS) is 18.4. The van der Waals surface area contributed by atoms with Gasteiger partial charge in [-0.15, -0.1) is 0 Å². The van der Waals surface area contributed by atoms with Crippen LogP contribution in [-0.4, -0.2) is 52.8 Å². The highest BCUT2D eigenvalue weighted by atomic mass is 16.4. The molecule has 2 atom stereocenters. The van der Waals surface area contributed by atoms with Crippen molar-refractivity contribution in [2.24, 2.45) is 5.92 Å². The fourth-order valence-corrected chi connectivity index (χ4v) is 4.94. The van der Waals surface area contributed by atoms with E-state index in [1.807, 2.05) is 23.1 Å². The predicted molar refractivity (Wildman–Crippen MR) is 124 cm³/mol. The van der Waals surface area contributed by atoms with E-state index in [0.29, 0.717) is 31.7 Å². The maximum Gasteiger partial charge on any atom is 0.405 e. The average Bonchev–Trinajstić information content (AvgIpc) is 3.04. The molecule has 2 aliphatic rings. The Balaban J connectivity index is 1.52. The van der Waals surface area contributed by atoms with Crippen molar-refractivity contribution >= 4 is 24.2 Å². The van der Waals surface area contributed by atoms with E-state index in [0.717, 1.165) is 44.1 Å². The summed E-state index contributed by atoms with van der Waals surface area (Å²) < 4.78 is 0. The first-order valence-corrected chi connectivity index (χ1v) is 12.1. The van der Waals surface area contributed by atoms with Gasteiger partial charge in [0.15, 0.2) is 0 Å². The monoisotopic (exact) mass is 457 g/mol. The number of amides is 3. The number of aryl methyl sites for hydroxylation is 1. The molecule has 8 nitrogen and oxygen atoms in total. The highest BCUT2D eigenvalue weighted by molar-refractivity contribution is 5.87. The molecule has 33 heavy (non-hydrogen) atoms. The van der Waals surface area contributed by atoms with Crippen LogP contribution in [0.4, 0.5) is 4.79 Å². The van der Waals surface area contributed by atoms with Crippen LogP contribution < -0.4 is 10.6 Å². The molecule has 1 aliphatic carbocycles. The quantitative estimate of drug-likeness (QED) is 0.493. The second-order valence-corrected chi connectivity index (χ2v) is 9.22. The minimum atomic E-state index is -1.26. The summed E-state index contributed by atoms with van der Waals surface area (Å²) >= 11 is 0. The molecule has 8 heteroatoms. The molecule has 1 fully saturated rings. The highest BCUT2D eigenvalue weighted by Crippen LogP contribution is 2.27. The predicted octanol–water partition coefficient (Wildman–Crippen LogP) is 3.03. The Labute approximate surface area is 195 Å². The molecule has 0 bridgehead atoms. The van der Waals surface area contributed by atoms with Gasteiger partial charge in [-0.05, 0) is 42.7 Å². The van der Waals surface area contributed by atoms with Crippen LogP contribution in [0.5, 0.6) is 0 Å². The number of carboxylic acid groups (broad SMARTS) is 1. The molecule has 3 amide bonds. The van der Waals surface area contributed by atoms with Crippen molar-refractivity contribution in [1.82, 2.24) is 15.5 Å². The molecule has 1 aliphatic heterocycles. The second kappa shape index (κ2) is 12.4. The second-order valence-electron chi connectivity index (χ2n) is 9.22. The first kappa shape index (κ1) is 24.7. The fourth-order valence-electron chi connectivity index (χ4n) is 4.94. The van der Waals surface area contributed by atoms with Crippen molar-refractivity contribution in [2.75, 3.05) is 6.54 Å². The molecule has 0 aromatic heterocycles. The lowest BCUT2D eigenvalue weighted by Crippen LogP contribution is -2.50. The van der Waals surface area contributed by atoms with Gasteiger partial charge in [-0.3, -0.25) is 9.59 Å². The van der Waals surface area contributed by atoms with E-state index in [9.17, 15) is 19.2 Å². The maximum atomic E-state index is 12.8. The molecule has 1 heterocycles. The number of fused-ring (bicyclic) bond motifs is 1. The third-order valence-corrected chi connectivity index (χ3v) is 6.78. The minimum Gasteiger partial charge on any atom is -0.465 e. The van der Waals surface area contributed by atoms with E-state index in [4.69, 9.17) is 5.11 Å². The Bertz CT molecular complexity index is 837. The number of rotatable bonds is 9. The zero-order valence-corrected chi connectivity index (χ0v) is 19.1. The molecule has 3 N–H and O–H groups in total. The van der Waals surface area contributed by atoms with Gasteiger partial charge in [-0.1, -0.05) is 56.4 Å². The van der Waals surface area contributed by atoms with Crippen LogP contribution in [0.25, 0.3) is 0 Å². The number of carbonyl (C=O) groups excluding carboxylic acids is 3. The van der Waals surface area contributed by atoms with Gasteiger partial charge < -0.3 is 25.4 Å². The maximum absolute atomic E-state index is 12.8. The Hall–Kier alpha value is -2.90. The fraction of sp³-hybridized carbons (Fsp3) is 0.600. The van der Waals surface area contributed by atoms with Crippen LogP contribution in [-0.2, 0) is 27.3 Å². The van der Waals surface area contributed by atoms with E-state index in [1.165, 1.54) is 12.0 Å². The lowest BCUT2D eigenvalue weighted by atomic mass is 9.84. The Morgan fingerprint density at radius 2 is 1.79 bits per heavy atom. The van der Waals surface area contributed by atoms with Crippen molar-refractivity contribution in [2.45, 2.75) is 82.8 Å². The van der Waals surface area contributed by atoms with E-state index in [1.54, 1.807) is 0 Å². The number of aldehydes is 1. The van der Waals surface area contributed by atoms with E-state index in [-0.39, 0.29) is 18.7 Å². The third kappa shape index (κ3) is 7.58. The summed E-state index contributed by atoms with van der Waals surface area (Å²) in [6.45, 7) is 1.22. The topological polar surface area (TPSA) is 116 Å². The zero-order chi connectivity index (χ0) is 23.6. The molecule has 3 rings (SSSR count). The molecule has 0 unspecified atom stereocenters. The molecule has 0 radical (unpaired) electrons. The summed E-state index contributed by atoms with van der Waals surface area (Å²) in [7, 11) is 0. The van der Waals surface area contributed by atoms with Crippen LogP contribution in [0.15, 0.2) is 24.3 Å². The van der Waals surface area contributed by atoms with Crippen molar-refractivity contribution in [3.8, 4) is 0 Å². The average molecular weight is 458 g/mol. The van der Waals surface area contributed by atoms with Crippen molar-refractivity contribution in [3.05, 3.63) is 35.4 Å². The summed E-state index contributed by atoms with van der Waals surface area (Å²) in [6, 6.07) is 6.39. The van der Waals surface area contributed by atoms with Crippen LogP contribution in [0.2, 0.25) is 0 Å². The first-order chi connectivity index (χ1) is 16.0. The van der Waals surface area contributed by atoms with Crippen molar-refractivity contribution < 1.29 is 24.3 Å². The van der Waals surface area contributed by atoms with Gasteiger partial charge in [-0.25, -0.2) is 4.79 Å². The number of hydrogen-bond donors (Lipinski definition) is 3. The molecule has 180 valence electrons. The largest absolute Gasteiger partial charge is 0.465 e. The standard InChI is InChI=1S/C25H35N3O5/c29-17-21(26-24(31)22(27-25(32)33)15-18-7-2-1-3-8-18)12-13-23(30)28-14-6-11-19-9-4-5-10-20(19)16-28/h4-5,9-10,17-18,21-22,27H,1-3,6-8,11-16H2,(H,26,31)(H,32,33)/t21-,22-/m0/s1. The van der Waals surface area contributed by atoms with Gasteiger partial charge in [-0.2, -0.15) is 0 Å². The molecule has 1 aromatic rings. The van der Waals surface area contributed by atoms with Gasteiger partial charge in [0.2, 0.25) is 11.8 Å². The van der Waals surface area contributed by atoms with E-state index < -0.39 is 24.1 Å². The van der Waals surface area contributed by atoms with Crippen molar-refractivity contribution in [3.63, 3.8) is 0 Å². The van der Waals surface area contributed by atoms with Gasteiger partial charge in [0, 0.05) is 19.5 Å². The Morgan fingerprint density at radius 1 is 1.06 bits per heavy atom. The molecule has 1 saturated carbocycles. The van der Waals surface area contributed by atoms with E-state index >= 15 is 0 Å². The molecular weight excluding hydrogens is 422 g/mol. The van der Waals surface area contributed by atoms with Crippen LogP contribution in [0.3, 0.4) is 0 Å². The summed E-state index contributed by atoms with van der Waals surface area (Å²) in [6.07, 6.45) is 7.27. The van der Waals surface area contributed by atoms with Gasteiger partial charge >= 0.3 is 6.09 Å². The van der Waals surface area contributed by atoms with Gasteiger partial charge in [0.25, 0.3) is 0 Å². The lowest BCUT2D eigenvalue weighted by Gasteiger charge is -2.27. The lowest BCUT2D eigenvalue weighted by molar-refractivity contribution is -0.132. The Morgan fingerprint density at radius 3 is 2.48 bits per heavy atom. The van der Waals surface area contributed by atoms with Crippen LogP contribution >= 0.6 is 0 Å². The third-order valence-electron chi connectivity index (χ3n) is 6.78. The van der Waals surface area contributed by atoms with Gasteiger partial charge in [0.1, 0.15) is 12.3 Å². The summed E-state index contributed by atoms with van der Waals surface area (Å²) in [4.78, 5) is 50.2. The smallest absolute Gasteiger partial charge is 0.405 e. The molecule has 0 spiro atoms. The number of carbonyl (C=O) groups is 4. The summed E-state index contributed by atoms with van der Waals surface area (Å²) in [5.74, 6) is -0.255. The highest BCUT2D eigenvalue weighted by Gasteiger charge is 2.28. The number of nitrogens with one attached hydrogen (secondary N) is 2. The van der Waals surface area contributed by atoms with Gasteiger partial charge in [0.05, 0.1) is 6.04 Å².